The Kier molecular flexibility index (Phi) is 6.51. The van der Waals surface area contributed by atoms with Gasteiger partial charge in [-0.1, -0.05) is 49.4 Å². The maximum absolute atomic E-state index is 13.3. The molecule has 5 rings (SSSR count). The summed E-state index contributed by atoms with van der Waals surface area (Å²) < 4.78 is 11.5. The van der Waals surface area contributed by atoms with Crippen molar-refractivity contribution in [3.05, 3.63) is 101 Å². The zero-order chi connectivity index (χ0) is 25.2. The van der Waals surface area contributed by atoms with Crippen LogP contribution >= 0.6 is 0 Å². The molecule has 6 heteroatoms. The molecule has 0 spiro atoms. The number of amides is 1. The Morgan fingerprint density at radius 1 is 1.06 bits per heavy atom. The molecule has 36 heavy (non-hydrogen) atoms. The minimum Gasteiger partial charge on any atom is -0.507 e. The highest BCUT2D eigenvalue weighted by Gasteiger charge is 2.46. The summed E-state index contributed by atoms with van der Waals surface area (Å²) in [4.78, 5) is 28.1. The standard InChI is InChI=1S/C30H29NO5/c1-3-15-35-24-12-9-21(10-13-24)27-26(28(32)22-11-14-25-23(17-22)16-19(2)36-25)29(33)30(34)31(27)18-20-7-5-4-6-8-20/h4-14,17,19,27,32H,3,15-16,18H2,1-2H3/b28-26+/t19-,27+/m1/s1. The van der Waals surface area contributed by atoms with E-state index < -0.39 is 17.7 Å². The average Bonchev–Trinajstić information content (AvgIpc) is 3.39. The number of hydrogen-bond acceptors (Lipinski definition) is 5. The molecule has 0 bridgehead atoms. The van der Waals surface area contributed by atoms with Crippen molar-refractivity contribution in [2.45, 2.75) is 45.4 Å². The zero-order valence-corrected chi connectivity index (χ0v) is 20.4. The Morgan fingerprint density at radius 3 is 2.53 bits per heavy atom. The summed E-state index contributed by atoms with van der Waals surface area (Å²) in [5.74, 6) is -0.00147. The van der Waals surface area contributed by atoms with Crippen molar-refractivity contribution in [1.82, 2.24) is 4.90 Å². The molecular weight excluding hydrogens is 454 g/mol. The average molecular weight is 484 g/mol. The fraction of sp³-hybridized carbons (Fsp3) is 0.267. The van der Waals surface area contributed by atoms with E-state index in [1.165, 1.54) is 4.90 Å². The summed E-state index contributed by atoms with van der Waals surface area (Å²) in [5.41, 5.74) is 3.19. The van der Waals surface area contributed by atoms with Gasteiger partial charge in [0.05, 0.1) is 18.2 Å². The first-order valence-electron chi connectivity index (χ1n) is 12.3. The molecular formula is C30H29NO5. The molecule has 1 N–H and O–H groups in total. The lowest BCUT2D eigenvalue weighted by Gasteiger charge is -2.25. The quantitative estimate of drug-likeness (QED) is 0.276. The Morgan fingerprint density at radius 2 is 1.81 bits per heavy atom. The van der Waals surface area contributed by atoms with Gasteiger partial charge in [0.1, 0.15) is 23.4 Å². The third-order valence-electron chi connectivity index (χ3n) is 6.57. The van der Waals surface area contributed by atoms with Gasteiger partial charge in [0.15, 0.2) is 0 Å². The van der Waals surface area contributed by atoms with Crippen molar-refractivity contribution in [3.63, 3.8) is 0 Å². The highest BCUT2D eigenvalue weighted by Crippen LogP contribution is 2.41. The molecule has 6 nitrogen and oxygen atoms in total. The molecule has 0 radical (unpaired) electrons. The molecule has 0 unspecified atom stereocenters. The molecule has 3 aromatic carbocycles. The van der Waals surface area contributed by atoms with Gasteiger partial charge < -0.3 is 19.5 Å². The third-order valence-corrected chi connectivity index (χ3v) is 6.57. The second-order valence-electron chi connectivity index (χ2n) is 9.29. The van der Waals surface area contributed by atoms with Gasteiger partial charge in [-0.3, -0.25) is 9.59 Å². The number of ether oxygens (including phenoxy) is 2. The van der Waals surface area contributed by atoms with Crippen molar-refractivity contribution >= 4 is 17.4 Å². The number of hydrogen-bond donors (Lipinski definition) is 1. The van der Waals surface area contributed by atoms with Gasteiger partial charge in [-0.25, -0.2) is 0 Å². The van der Waals surface area contributed by atoms with E-state index in [-0.39, 0.29) is 24.0 Å². The predicted octanol–water partition coefficient (Wildman–Crippen LogP) is 5.42. The molecule has 0 aliphatic carbocycles. The summed E-state index contributed by atoms with van der Waals surface area (Å²) in [6, 6.07) is 21.6. The highest BCUT2D eigenvalue weighted by molar-refractivity contribution is 6.46. The molecule has 2 atom stereocenters. The predicted molar refractivity (Wildman–Crippen MR) is 137 cm³/mol. The minimum atomic E-state index is -0.728. The van der Waals surface area contributed by atoms with Gasteiger partial charge in [0.25, 0.3) is 11.7 Å². The largest absolute Gasteiger partial charge is 0.507 e. The van der Waals surface area contributed by atoms with Crippen molar-refractivity contribution < 1.29 is 24.2 Å². The number of benzene rings is 3. The lowest BCUT2D eigenvalue weighted by Crippen LogP contribution is -2.29. The normalized spacial score (nSPS) is 20.3. The van der Waals surface area contributed by atoms with Crippen LogP contribution in [-0.4, -0.2) is 34.4 Å². The molecule has 2 aliphatic rings. The summed E-state index contributed by atoms with van der Waals surface area (Å²) in [5, 5.41) is 11.4. The number of nitrogens with zero attached hydrogens (tertiary/aromatic N) is 1. The zero-order valence-electron chi connectivity index (χ0n) is 20.4. The van der Waals surface area contributed by atoms with E-state index in [4.69, 9.17) is 9.47 Å². The smallest absolute Gasteiger partial charge is 0.295 e. The highest BCUT2D eigenvalue weighted by atomic mass is 16.5. The Balaban J connectivity index is 1.58. The number of carbonyl (C=O) groups excluding carboxylic acids is 2. The second kappa shape index (κ2) is 9.90. The maximum atomic E-state index is 13.3. The van der Waals surface area contributed by atoms with Crippen molar-refractivity contribution in [2.24, 2.45) is 0 Å². The molecule has 0 saturated carbocycles. The molecule has 1 amide bonds. The number of carbonyl (C=O) groups is 2. The number of Topliss-reactive ketones (excluding diaryl/α,β-unsaturated/α-hetero) is 1. The van der Waals surface area contributed by atoms with Crippen molar-refractivity contribution in [1.29, 1.82) is 0 Å². The number of rotatable bonds is 7. The summed E-state index contributed by atoms with van der Waals surface area (Å²) in [6.45, 7) is 4.88. The Hall–Kier alpha value is -4.06. The molecule has 1 fully saturated rings. The monoisotopic (exact) mass is 483 g/mol. The molecule has 1 saturated heterocycles. The first-order chi connectivity index (χ1) is 17.5. The van der Waals surface area contributed by atoms with Crippen LogP contribution in [0.2, 0.25) is 0 Å². The van der Waals surface area contributed by atoms with Crippen LogP contribution in [0.1, 0.15) is 48.6 Å². The molecule has 2 heterocycles. The van der Waals surface area contributed by atoms with Crippen molar-refractivity contribution in [3.8, 4) is 11.5 Å². The lowest BCUT2D eigenvalue weighted by atomic mass is 9.94. The van der Waals surface area contributed by atoms with Gasteiger partial charge in [-0.15, -0.1) is 0 Å². The summed E-state index contributed by atoms with van der Waals surface area (Å²) in [7, 11) is 0. The van der Waals surface area contributed by atoms with Crippen LogP contribution in [-0.2, 0) is 22.6 Å². The van der Waals surface area contributed by atoms with Gasteiger partial charge in [-0.2, -0.15) is 0 Å². The fourth-order valence-electron chi connectivity index (χ4n) is 4.86. The van der Waals surface area contributed by atoms with E-state index in [2.05, 4.69) is 0 Å². The maximum Gasteiger partial charge on any atom is 0.295 e. The number of likely N-dealkylation sites (tertiary alicyclic amines) is 1. The van der Waals surface area contributed by atoms with E-state index in [0.717, 1.165) is 35.3 Å². The minimum absolute atomic E-state index is 0.0577. The SMILES string of the molecule is CCCOc1ccc([C@H]2/C(=C(\O)c3ccc4c(c3)C[C@@H](C)O4)C(=O)C(=O)N2Cc2ccccc2)cc1. The van der Waals surface area contributed by atoms with Crippen LogP contribution in [0.4, 0.5) is 0 Å². The Labute approximate surface area is 210 Å². The van der Waals surface area contributed by atoms with Gasteiger partial charge in [0.2, 0.25) is 0 Å². The van der Waals surface area contributed by atoms with Crippen LogP contribution < -0.4 is 9.47 Å². The van der Waals surface area contributed by atoms with Gasteiger partial charge in [0, 0.05) is 18.5 Å². The number of fused-ring (bicyclic) bond motifs is 1. The third kappa shape index (κ3) is 4.47. The van der Waals surface area contributed by atoms with Gasteiger partial charge in [-0.05, 0) is 60.4 Å². The molecule has 184 valence electrons. The van der Waals surface area contributed by atoms with Gasteiger partial charge >= 0.3 is 0 Å². The van der Waals surface area contributed by atoms with Crippen molar-refractivity contribution in [2.75, 3.05) is 6.61 Å². The number of aliphatic hydroxyl groups excluding tert-OH is 1. The van der Waals surface area contributed by atoms with Crippen LogP contribution in [0.5, 0.6) is 11.5 Å². The second-order valence-corrected chi connectivity index (χ2v) is 9.29. The van der Waals surface area contributed by atoms with Crippen LogP contribution in [0.3, 0.4) is 0 Å². The lowest BCUT2D eigenvalue weighted by molar-refractivity contribution is -0.140. The molecule has 2 aliphatic heterocycles. The first kappa shape index (κ1) is 23.7. The first-order valence-corrected chi connectivity index (χ1v) is 12.3. The van der Waals surface area contributed by atoms with E-state index in [9.17, 15) is 14.7 Å². The summed E-state index contributed by atoms with van der Waals surface area (Å²) >= 11 is 0. The van der Waals surface area contributed by atoms with Crippen LogP contribution in [0.15, 0.2) is 78.4 Å². The molecule has 0 aromatic heterocycles. The van der Waals surface area contributed by atoms with E-state index in [1.807, 2.05) is 80.6 Å². The van der Waals surface area contributed by atoms with E-state index in [1.54, 1.807) is 6.07 Å². The van der Waals surface area contributed by atoms with E-state index in [0.29, 0.717) is 17.9 Å². The van der Waals surface area contributed by atoms with Crippen LogP contribution in [0, 0.1) is 0 Å². The number of ketones is 1. The van der Waals surface area contributed by atoms with E-state index >= 15 is 0 Å². The molecule has 3 aromatic rings. The fourth-order valence-corrected chi connectivity index (χ4v) is 4.86. The van der Waals surface area contributed by atoms with Crippen LogP contribution in [0.25, 0.3) is 5.76 Å². The summed E-state index contributed by atoms with van der Waals surface area (Å²) in [6.07, 6.45) is 1.67. The Bertz CT molecular complexity index is 1310. The number of aliphatic hydroxyl groups is 1. The topological polar surface area (TPSA) is 76.1 Å².